The summed E-state index contributed by atoms with van der Waals surface area (Å²) in [4.78, 5) is 15.8. The monoisotopic (exact) mass is 759 g/mol. The van der Waals surface area contributed by atoms with Gasteiger partial charge >= 0.3 is 0 Å². The lowest BCUT2D eigenvalue weighted by molar-refractivity contribution is 0.661. The van der Waals surface area contributed by atoms with Crippen LogP contribution >= 0.6 is 11.3 Å². The summed E-state index contributed by atoms with van der Waals surface area (Å²) in [6.07, 6.45) is -0.323. The molecule has 0 aliphatic carbocycles. The number of thiophene rings is 1. The van der Waals surface area contributed by atoms with Gasteiger partial charge in [-0.05, 0) is 41.0 Å². The summed E-state index contributed by atoms with van der Waals surface area (Å²) in [5.41, 5.74) is 9.69. The molecule has 0 saturated heterocycles. The van der Waals surface area contributed by atoms with E-state index in [0.717, 1.165) is 50.5 Å². The number of amidine groups is 1. The van der Waals surface area contributed by atoms with Crippen LogP contribution in [0.3, 0.4) is 0 Å². The Morgan fingerprint density at radius 3 is 1.88 bits per heavy atom. The Labute approximate surface area is 337 Å². The van der Waals surface area contributed by atoms with Crippen molar-refractivity contribution < 1.29 is 0 Å². The van der Waals surface area contributed by atoms with E-state index in [1.54, 1.807) is 0 Å². The predicted octanol–water partition coefficient (Wildman–Crippen LogP) is 13.2. The molecular formula is C52H33N5S. The second-order valence-corrected chi connectivity index (χ2v) is 15.8. The maximum Gasteiger partial charge on any atom is 0.211 e. The zero-order chi connectivity index (χ0) is 38.2. The van der Waals surface area contributed by atoms with Crippen molar-refractivity contribution in [3.05, 3.63) is 199 Å². The topological polar surface area (TPSA) is 54.6 Å². The molecule has 3 aromatic heterocycles. The minimum Gasteiger partial charge on any atom is -0.330 e. The summed E-state index contributed by atoms with van der Waals surface area (Å²) in [7, 11) is 0. The summed E-state index contributed by atoms with van der Waals surface area (Å²) >= 11 is 1.87. The van der Waals surface area contributed by atoms with Crippen molar-refractivity contribution in [3.8, 4) is 22.4 Å². The Kier molecular flexibility index (Phi) is 7.40. The van der Waals surface area contributed by atoms with Gasteiger partial charge in [-0.2, -0.15) is 4.99 Å². The van der Waals surface area contributed by atoms with Gasteiger partial charge in [-0.1, -0.05) is 164 Å². The van der Waals surface area contributed by atoms with Gasteiger partial charge in [0.15, 0.2) is 5.84 Å². The number of para-hydroxylation sites is 3. The Bertz CT molecular complexity index is 3440. The molecule has 58 heavy (non-hydrogen) atoms. The molecule has 272 valence electrons. The van der Waals surface area contributed by atoms with Crippen LogP contribution in [0.5, 0.6) is 0 Å². The molecule has 0 amide bonds. The average molecular weight is 760 g/mol. The molecule has 11 aromatic rings. The highest BCUT2D eigenvalue weighted by molar-refractivity contribution is 7.27. The first kappa shape index (κ1) is 32.8. The maximum absolute atomic E-state index is 5.31. The fourth-order valence-corrected chi connectivity index (χ4v) is 10.2. The number of aromatic nitrogens is 2. The number of pyridine rings is 1. The Morgan fingerprint density at radius 2 is 1.09 bits per heavy atom. The molecule has 0 fully saturated rings. The third kappa shape index (κ3) is 5.12. The zero-order valence-corrected chi connectivity index (χ0v) is 32.0. The first-order chi connectivity index (χ1) is 28.8. The average Bonchev–Trinajstić information content (AvgIpc) is 3.85. The smallest absolute Gasteiger partial charge is 0.211 e. The highest BCUT2D eigenvalue weighted by Gasteiger charge is 2.24. The number of aliphatic imine (C=N–C) groups is 2. The lowest BCUT2D eigenvalue weighted by atomic mass is 9.97. The molecule has 5 nitrogen and oxygen atoms in total. The third-order valence-corrected chi connectivity index (χ3v) is 12.7. The van der Waals surface area contributed by atoms with Crippen LogP contribution in [0.15, 0.2) is 198 Å². The van der Waals surface area contributed by atoms with E-state index in [1.165, 1.54) is 52.7 Å². The largest absolute Gasteiger partial charge is 0.330 e. The molecule has 8 aromatic carbocycles. The first-order valence-electron chi connectivity index (χ1n) is 19.6. The summed E-state index contributed by atoms with van der Waals surface area (Å²) in [5.74, 6) is 1.44. The number of nitrogens with one attached hydrogen (secondary N) is 1. The predicted molar refractivity (Wildman–Crippen MR) is 244 cm³/mol. The van der Waals surface area contributed by atoms with Crippen molar-refractivity contribution in [3.63, 3.8) is 0 Å². The molecule has 0 spiro atoms. The fraction of sp³-hybridized carbons (Fsp3) is 0.0192. The molecule has 1 aliphatic heterocycles. The van der Waals surface area contributed by atoms with Crippen LogP contribution in [0.25, 0.3) is 86.0 Å². The van der Waals surface area contributed by atoms with Gasteiger partial charge in [0.1, 0.15) is 6.17 Å². The zero-order valence-electron chi connectivity index (χ0n) is 31.2. The molecule has 1 atom stereocenters. The molecule has 4 heterocycles. The minimum atomic E-state index is -0.323. The van der Waals surface area contributed by atoms with Crippen LogP contribution in [0.2, 0.25) is 0 Å². The number of hydrogen-bond donors (Lipinski definition) is 1. The first-order valence-corrected chi connectivity index (χ1v) is 20.4. The van der Waals surface area contributed by atoms with E-state index in [2.05, 4.69) is 192 Å². The quantitative estimate of drug-likeness (QED) is 0.182. The van der Waals surface area contributed by atoms with Crippen molar-refractivity contribution >= 4 is 86.8 Å². The van der Waals surface area contributed by atoms with E-state index in [-0.39, 0.29) is 6.17 Å². The highest BCUT2D eigenvalue weighted by atomic mass is 32.1. The van der Waals surface area contributed by atoms with Crippen LogP contribution in [-0.2, 0) is 0 Å². The van der Waals surface area contributed by atoms with E-state index in [1.807, 2.05) is 17.4 Å². The highest BCUT2D eigenvalue weighted by Crippen LogP contribution is 2.46. The van der Waals surface area contributed by atoms with E-state index >= 15 is 0 Å². The number of benzene rings is 8. The van der Waals surface area contributed by atoms with Crippen LogP contribution < -0.4 is 5.32 Å². The number of nitrogens with zero attached hydrogens (tertiary/aromatic N) is 4. The molecule has 12 rings (SSSR count). The molecule has 1 N–H and O–H groups in total. The molecule has 1 aliphatic rings. The van der Waals surface area contributed by atoms with E-state index in [0.29, 0.717) is 5.84 Å². The van der Waals surface area contributed by atoms with Crippen LogP contribution in [-0.4, -0.2) is 21.3 Å². The molecule has 1 unspecified atom stereocenters. The van der Waals surface area contributed by atoms with Crippen LogP contribution in [0.4, 0.5) is 0 Å². The van der Waals surface area contributed by atoms with Gasteiger partial charge in [-0.15, -0.1) is 11.3 Å². The van der Waals surface area contributed by atoms with E-state index in [4.69, 9.17) is 15.0 Å². The molecule has 0 radical (unpaired) electrons. The second kappa shape index (κ2) is 13.1. The Balaban J connectivity index is 1.04. The molecule has 0 bridgehead atoms. The van der Waals surface area contributed by atoms with Crippen molar-refractivity contribution in [2.24, 2.45) is 9.98 Å². The van der Waals surface area contributed by atoms with Crippen LogP contribution in [0, 0.1) is 0 Å². The third-order valence-electron chi connectivity index (χ3n) is 11.4. The van der Waals surface area contributed by atoms with Crippen molar-refractivity contribution in [1.29, 1.82) is 0 Å². The normalized spacial score (nSPS) is 14.4. The van der Waals surface area contributed by atoms with Gasteiger partial charge in [0.05, 0.1) is 22.2 Å². The lowest BCUT2D eigenvalue weighted by Crippen LogP contribution is -2.37. The Hall–Kier alpha value is -7.41. The maximum atomic E-state index is 5.31. The van der Waals surface area contributed by atoms with Gasteiger partial charge < -0.3 is 5.32 Å². The minimum absolute atomic E-state index is 0.323. The van der Waals surface area contributed by atoms with Crippen molar-refractivity contribution in [1.82, 2.24) is 14.9 Å². The molecule has 0 saturated carbocycles. The second-order valence-electron chi connectivity index (χ2n) is 14.8. The summed E-state index contributed by atoms with van der Waals surface area (Å²) in [5, 5.41) is 12.2. The van der Waals surface area contributed by atoms with Gasteiger partial charge in [-0.25, -0.2) is 9.98 Å². The summed E-state index contributed by atoms with van der Waals surface area (Å²) in [6, 6.07) is 66.6. The lowest BCUT2D eigenvalue weighted by Gasteiger charge is -2.25. The SMILES string of the molecule is c1ccc(-c2nc3ccccc3c3c2ccc2c4cccc(-c5cccc(C6=NC(c7ccccc7)NC(n7c8ccccc8c8ccccc87)=N6)c5)c4sc23)cc1. The van der Waals surface area contributed by atoms with E-state index < -0.39 is 0 Å². The number of rotatable bonds is 4. The van der Waals surface area contributed by atoms with Gasteiger partial charge in [0.2, 0.25) is 5.96 Å². The van der Waals surface area contributed by atoms with E-state index in [9.17, 15) is 0 Å². The molecule has 6 heteroatoms. The fourth-order valence-electron chi connectivity index (χ4n) is 8.79. The van der Waals surface area contributed by atoms with Crippen molar-refractivity contribution in [2.75, 3.05) is 0 Å². The standard InChI is InChI=1S/C52H33N5S/c1-3-15-32(16-4-1)47-42-30-29-40-39-25-14-24-36(48(39)58-49(40)46(42)41-23-7-10-26-43(41)53-47)34-19-13-20-35(31-34)51-54-50(33-17-5-2-6-18-33)55-52(56-51)57-44-27-11-8-21-37(44)38-22-9-12-28-45(38)57/h1-31,50H,(H,54,55,56). The summed E-state index contributed by atoms with van der Waals surface area (Å²) < 4.78 is 4.78. The number of hydrogen-bond acceptors (Lipinski definition) is 5. The van der Waals surface area contributed by atoms with Gasteiger partial charge in [-0.3, -0.25) is 4.57 Å². The van der Waals surface area contributed by atoms with Gasteiger partial charge in [0.25, 0.3) is 0 Å². The van der Waals surface area contributed by atoms with Crippen molar-refractivity contribution in [2.45, 2.75) is 6.17 Å². The Morgan fingerprint density at radius 1 is 0.483 bits per heavy atom. The number of fused-ring (bicyclic) bond motifs is 10. The molecular weight excluding hydrogens is 727 g/mol. The van der Waals surface area contributed by atoms with Crippen LogP contribution in [0.1, 0.15) is 17.3 Å². The van der Waals surface area contributed by atoms with Gasteiger partial charge in [0, 0.05) is 58.2 Å². The summed E-state index contributed by atoms with van der Waals surface area (Å²) in [6.45, 7) is 0.